The molecule has 18 heteroatoms. The number of fused-ring (bicyclic) bond motifs is 1. The smallest absolute Gasteiger partial charge is 0.417 e. The van der Waals surface area contributed by atoms with Gasteiger partial charge in [0.15, 0.2) is 0 Å². The lowest BCUT2D eigenvalue weighted by atomic mass is 10.0. The Balaban J connectivity index is 1.73. The van der Waals surface area contributed by atoms with Crippen LogP contribution in [-0.4, -0.2) is 81.7 Å². The molecular weight excluding hydrogens is 673 g/mol. The maximum absolute atomic E-state index is 13.4. The summed E-state index contributed by atoms with van der Waals surface area (Å²) in [7, 11) is 0. The summed E-state index contributed by atoms with van der Waals surface area (Å²) in [5, 5.41) is 37.5. The van der Waals surface area contributed by atoms with Crippen LogP contribution in [0, 0.1) is 5.92 Å². The summed E-state index contributed by atoms with van der Waals surface area (Å²) in [6.07, 6.45) is -9.24. The van der Waals surface area contributed by atoms with Gasteiger partial charge in [-0.1, -0.05) is 44.2 Å². The van der Waals surface area contributed by atoms with Crippen LogP contribution in [0.25, 0.3) is 5.57 Å². The predicted octanol–water partition coefficient (Wildman–Crippen LogP) is 2.54. The second kappa shape index (κ2) is 17.1. The van der Waals surface area contributed by atoms with Crippen LogP contribution in [0.1, 0.15) is 44.2 Å². The number of amides is 4. The van der Waals surface area contributed by atoms with E-state index in [0.717, 1.165) is 18.2 Å². The Morgan fingerprint density at radius 2 is 1.56 bits per heavy atom. The van der Waals surface area contributed by atoms with Gasteiger partial charge in [0.05, 0.1) is 12.0 Å². The molecule has 2 aromatic rings. The summed E-state index contributed by atoms with van der Waals surface area (Å²) in [5.41, 5.74) is -1.12. The number of aliphatic carboxylic acids is 2. The summed E-state index contributed by atoms with van der Waals surface area (Å²) in [4.78, 5) is 74.9. The van der Waals surface area contributed by atoms with Crippen LogP contribution in [0.3, 0.4) is 0 Å². The molecule has 4 amide bonds. The summed E-state index contributed by atoms with van der Waals surface area (Å²) in [6, 6.07) is 6.90. The highest BCUT2D eigenvalue weighted by atomic mass is 19.4. The molecule has 4 atom stereocenters. The highest BCUT2D eigenvalue weighted by Gasteiger charge is 2.39. The SMILES string of the molecule is CC(C)[C@H](NC(=O)[C@H](CCC(=O)O)NC(=O)OCc1ccccc1)C(=O)N[C@@H](CC(=O)O)C(=O)Nc1ccc2c(c1)OC(O)C=C2C(F)(F)F. The minimum Gasteiger partial charge on any atom is -0.481 e. The first-order valence-electron chi connectivity index (χ1n) is 15.0. The van der Waals surface area contributed by atoms with Gasteiger partial charge in [0, 0.05) is 23.7 Å². The van der Waals surface area contributed by atoms with Gasteiger partial charge in [0.25, 0.3) is 0 Å². The molecule has 0 saturated heterocycles. The lowest BCUT2D eigenvalue weighted by molar-refractivity contribution is -0.140. The first-order valence-corrected chi connectivity index (χ1v) is 15.0. The maximum atomic E-state index is 13.4. The van der Waals surface area contributed by atoms with Gasteiger partial charge in [-0.3, -0.25) is 24.0 Å². The number of halogens is 3. The van der Waals surface area contributed by atoms with Gasteiger partial charge in [-0.05, 0) is 36.1 Å². The molecule has 0 radical (unpaired) electrons. The van der Waals surface area contributed by atoms with Crippen molar-refractivity contribution in [2.45, 2.75) is 70.3 Å². The number of hydrogen-bond donors (Lipinski definition) is 7. The second-order valence-corrected chi connectivity index (χ2v) is 11.4. The molecule has 2 aromatic carbocycles. The van der Waals surface area contributed by atoms with Crippen LogP contribution >= 0.6 is 0 Å². The van der Waals surface area contributed by atoms with Crippen molar-refractivity contribution < 1.29 is 66.7 Å². The molecule has 270 valence electrons. The number of aliphatic hydroxyl groups is 1. The molecule has 50 heavy (non-hydrogen) atoms. The van der Waals surface area contributed by atoms with Crippen molar-refractivity contribution in [2.75, 3.05) is 5.32 Å². The van der Waals surface area contributed by atoms with Crippen molar-refractivity contribution in [3.63, 3.8) is 0 Å². The van der Waals surface area contributed by atoms with E-state index in [1.807, 2.05) is 0 Å². The van der Waals surface area contributed by atoms with E-state index in [4.69, 9.17) is 14.6 Å². The number of alkyl carbamates (subject to hydrolysis) is 1. The van der Waals surface area contributed by atoms with Gasteiger partial charge < -0.3 is 46.1 Å². The van der Waals surface area contributed by atoms with E-state index in [2.05, 4.69) is 21.3 Å². The highest BCUT2D eigenvalue weighted by molar-refractivity contribution is 6.00. The molecule has 3 rings (SSSR count). The van der Waals surface area contributed by atoms with Crippen molar-refractivity contribution in [3.8, 4) is 5.75 Å². The minimum absolute atomic E-state index is 0.157. The topological polar surface area (TPSA) is 230 Å². The van der Waals surface area contributed by atoms with Crippen LogP contribution in [0.5, 0.6) is 5.75 Å². The molecule has 0 bridgehead atoms. The minimum atomic E-state index is -4.83. The van der Waals surface area contributed by atoms with Gasteiger partial charge in [0.2, 0.25) is 24.0 Å². The van der Waals surface area contributed by atoms with E-state index in [9.17, 15) is 52.2 Å². The van der Waals surface area contributed by atoms with E-state index in [1.165, 1.54) is 13.8 Å². The number of carboxylic acid groups (broad SMARTS) is 2. The summed E-state index contributed by atoms with van der Waals surface area (Å²) < 4.78 is 50.5. The molecule has 15 nitrogen and oxygen atoms in total. The number of rotatable bonds is 15. The monoisotopic (exact) mass is 708 g/mol. The number of hydrogen-bond acceptors (Lipinski definition) is 9. The first-order chi connectivity index (χ1) is 23.4. The van der Waals surface area contributed by atoms with Gasteiger partial charge >= 0.3 is 24.2 Å². The van der Waals surface area contributed by atoms with Crippen molar-refractivity contribution in [1.82, 2.24) is 16.0 Å². The zero-order valence-electron chi connectivity index (χ0n) is 26.7. The Morgan fingerprint density at radius 1 is 0.880 bits per heavy atom. The predicted molar refractivity (Wildman–Crippen MR) is 167 cm³/mol. The summed E-state index contributed by atoms with van der Waals surface area (Å²) in [6.45, 7) is 2.86. The largest absolute Gasteiger partial charge is 0.481 e. The number of carboxylic acids is 2. The van der Waals surface area contributed by atoms with E-state index in [0.29, 0.717) is 11.6 Å². The summed E-state index contributed by atoms with van der Waals surface area (Å²) >= 11 is 0. The van der Waals surface area contributed by atoms with Crippen LogP contribution in [0.2, 0.25) is 0 Å². The Bertz CT molecular complexity index is 1620. The molecule has 7 N–H and O–H groups in total. The Morgan fingerprint density at radius 3 is 2.16 bits per heavy atom. The number of allylic oxidation sites excluding steroid dienone is 1. The third-order valence-corrected chi connectivity index (χ3v) is 7.13. The number of carbonyl (C=O) groups is 6. The average Bonchev–Trinajstić information content (AvgIpc) is 3.03. The maximum Gasteiger partial charge on any atom is 0.417 e. The quantitative estimate of drug-likeness (QED) is 0.142. The number of alkyl halides is 3. The van der Waals surface area contributed by atoms with Crippen molar-refractivity contribution in [1.29, 1.82) is 0 Å². The number of nitrogens with one attached hydrogen (secondary N) is 4. The van der Waals surface area contributed by atoms with Crippen molar-refractivity contribution in [3.05, 3.63) is 65.7 Å². The molecule has 1 unspecified atom stereocenters. The van der Waals surface area contributed by atoms with Gasteiger partial charge in [0.1, 0.15) is 30.5 Å². The number of carbonyl (C=O) groups excluding carboxylic acids is 4. The molecule has 0 fully saturated rings. The third-order valence-electron chi connectivity index (χ3n) is 7.13. The molecule has 0 aliphatic carbocycles. The second-order valence-electron chi connectivity index (χ2n) is 11.4. The third kappa shape index (κ3) is 11.5. The van der Waals surface area contributed by atoms with E-state index < -0.39 is 102 Å². The number of benzene rings is 2. The van der Waals surface area contributed by atoms with E-state index >= 15 is 0 Å². The van der Waals surface area contributed by atoms with Gasteiger partial charge in [-0.15, -0.1) is 0 Å². The normalized spacial score (nSPS) is 15.6. The highest BCUT2D eigenvalue weighted by Crippen LogP contribution is 2.42. The standard InChI is InChI=1S/C32H35F3N4O11/c1-16(2)27(39-28(45)21(10-11-24(40)41)38-31(48)49-15-17-6-4-3-5-7-17)30(47)37-22(14-25(42)43)29(46)36-18-8-9-19-20(32(33,34)35)13-26(44)50-23(19)12-18/h3-9,12-13,16,21-22,26-27,44H,10-11,14-15H2,1-2H3,(H,36,46)(H,37,47)(H,38,48)(H,39,45)(H,40,41)(H,42,43)/t21-,22-,26?,27-/m0/s1. The fourth-order valence-corrected chi connectivity index (χ4v) is 4.67. The van der Waals surface area contributed by atoms with Gasteiger partial charge in [-0.2, -0.15) is 13.2 Å². The lowest BCUT2D eigenvalue weighted by Gasteiger charge is -2.27. The lowest BCUT2D eigenvalue weighted by Crippen LogP contribution is -2.58. The molecule has 0 saturated carbocycles. The van der Waals surface area contributed by atoms with Gasteiger partial charge in [-0.25, -0.2) is 4.79 Å². The summed E-state index contributed by atoms with van der Waals surface area (Å²) in [5.74, 6) is -6.99. The Hall–Kier alpha value is -5.65. The molecule has 0 spiro atoms. The van der Waals surface area contributed by atoms with E-state index in [-0.39, 0.29) is 18.7 Å². The van der Waals surface area contributed by atoms with Crippen LogP contribution in [-0.2, 0) is 35.3 Å². The van der Waals surface area contributed by atoms with Crippen LogP contribution < -0.4 is 26.0 Å². The fraction of sp³-hybridized carbons (Fsp3) is 0.375. The average molecular weight is 709 g/mol. The molecule has 0 aromatic heterocycles. The number of ether oxygens (including phenoxy) is 2. The fourth-order valence-electron chi connectivity index (χ4n) is 4.67. The van der Waals surface area contributed by atoms with E-state index in [1.54, 1.807) is 30.3 Å². The molecule has 1 heterocycles. The zero-order valence-corrected chi connectivity index (χ0v) is 26.7. The molecule has 1 aliphatic rings. The Kier molecular flexibility index (Phi) is 13.3. The number of anilines is 1. The number of aliphatic hydroxyl groups excluding tert-OH is 1. The van der Waals surface area contributed by atoms with Crippen LogP contribution in [0.4, 0.5) is 23.7 Å². The molecule has 1 aliphatic heterocycles. The van der Waals surface area contributed by atoms with Crippen molar-refractivity contribution >= 4 is 47.0 Å². The first kappa shape index (κ1) is 38.8. The zero-order chi connectivity index (χ0) is 37.2. The van der Waals surface area contributed by atoms with Crippen LogP contribution in [0.15, 0.2) is 54.6 Å². The molecular formula is C32H35F3N4O11. The Labute approximate surface area is 282 Å². The van der Waals surface area contributed by atoms with Crippen molar-refractivity contribution in [2.24, 2.45) is 5.92 Å².